The van der Waals surface area contributed by atoms with E-state index in [1.165, 1.54) is 11.8 Å². The Morgan fingerprint density at radius 3 is 2.24 bits per heavy atom. The summed E-state index contributed by atoms with van der Waals surface area (Å²) in [7, 11) is 0. The maximum atomic E-state index is 12.7. The van der Waals surface area contributed by atoms with Crippen molar-refractivity contribution in [1.29, 1.82) is 0 Å². The zero-order valence-electron chi connectivity index (χ0n) is 19.7. The summed E-state index contributed by atoms with van der Waals surface area (Å²) in [6.07, 6.45) is 0. The number of carbonyl (C=O) groups excluding carboxylic acids is 1. The molecule has 4 aromatic rings. The minimum atomic E-state index is -0.998. The van der Waals surface area contributed by atoms with Gasteiger partial charge in [-0.3, -0.25) is 4.79 Å². The van der Waals surface area contributed by atoms with Crippen LogP contribution in [0.2, 0.25) is 5.02 Å². The predicted molar refractivity (Wildman–Crippen MR) is 156 cm³/mol. The molecule has 0 aromatic heterocycles. The number of Topliss-reactive ketones (excluding diaryl/α,β-unsaturated/α-hetero) is 1. The van der Waals surface area contributed by atoms with Gasteiger partial charge < -0.3 is 0 Å². The molecule has 0 bridgehead atoms. The number of anilines is 2. The number of hydrogen-bond donors (Lipinski definition) is 0. The van der Waals surface area contributed by atoms with E-state index in [-0.39, 0.29) is 5.78 Å². The van der Waals surface area contributed by atoms with Crippen LogP contribution < -0.4 is 10.0 Å². The van der Waals surface area contributed by atoms with Gasteiger partial charge in [0, 0.05) is 33.1 Å². The number of benzene rings is 4. The first-order chi connectivity index (χ1) is 18.0. The van der Waals surface area contributed by atoms with E-state index in [0.717, 1.165) is 38.2 Å². The Morgan fingerprint density at radius 2 is 1.51 bits per heavy atom. The molecule has 6 rings (SSSR count). The molecule has 0 amide bonds. The molecular formula is C29H20BrClN4OS. The molecule has 4 aromatic carbocycles. The first-order valence-electron chi connectivity index (χ1n) is 11.6. The Morgan fingerprint density at radius 1 is 0.838 bits per heavy atom. The number of rotatable bonds is 4. The lowest BCUT2D eigenvalue weighted by atomic mass is 9.93. The third-order valence-corrected chi connectivity index (χ3v) is 8.39. The molecule has 0 saturated heterocycles. The van der Waals surface area contributed by atoms with E-state index in [4.69, 9.17) is 21.8 Å². The summed E-state index contributed by atoms with van der Waals surface area (Å²) in [5.41, 5.74) is 5.38. The van der Waals surface area contributed by atoms with E-state index < -0.39 is 4.99 Å². The van der Waals surface area contributed by atoms with Crippen molar-refractivity contribution in [3.05, 3.63) is 129 Å². The molecule has 0 fully saturated rings. The van der Waals surface area contributed by atoms with E-state index in [2.05, 4.69) is 40.2 Å². The van der Waals surface area contributed by atoms with Crippen molar-refractivity contribution in [3.8, 4) is 0 Å². The lowest BCUT2D eigenvalue weighted by Crippen LogP contribution is -2.54. The minimum Gasteiger partial charge on any atom is -0.292 e. The largest absolute Gasteiger partial charge is 0.292 e. The summed E-state index contributed by atoms with van der Waals surface area (Å²) >= 11 is 11.4. The Labute approximate surface area is 232 Å². The SMILES string of the molecule is CC(=O)C1=NN(c2cccc(Cl)c2)C2(S1)c1ccccc1C(c1ccc(Br)cc1)=NN2c1ccccc1. The second-order valence-corrected chi connectivity index (χ2v) is 11.1. The van der Waals surface area contributed by atoms with Gasteiger partial charge in [-0.25, -0.2) is 10.0 Å². The lowest BCUT2D eigenvalue weighted by Gasteiger charge is -2.47. The quantitative estimate of drug-likeness (QED) is 0.246. The Balaban J connectivity index is 1.66. The highest BCUT2D eigenvalue weighted by atomic mass is 79.9. The van der Waals surface area contributed by atoms with Gasteiger partial charge in [0.05, 0.1) is 17.1 Å². The van der Waals surface area contributed by atoms with Gasteiger partial charge in [0.25, 0.3) is 0 Å². The molecule has 2 aliphatic rings. The molecule has 2 aliphatic heterocycles. The van der Waals surface area contributed by atoms with Crippen molar-refractivity contribution in [2.75, 3.05) is 10.0 Å². The smallest absolute Gasteiger partial charge is 0.234 e. The molecule has 2 heterocycles. The van der Waals surface area contributed by atoms with Gasteiger partial charge in [-0.15, -0.1) is 0 Å². The van der Waals surface area contributed by atoms with Gasteiger partial charge in [0.15, 0.2) is 10.8 Å². The van der Waals surface area contributed by atoms with E-state index in [9.17, 15) is 4.79 Å². The average Bonchev–Trinajstić information content (AvgIpc) is 3.32. The van der Waals surface area contributed by atoms with E-state index in [0.29, 0.717) is 10.1 Å². The van der Waals surface area contributed by atoms with Crippen molar-refractivity contribution in [1.82, 2.24) is 0 Å². The monoisotopic (exact) mass is 586 g/mol. The molecule has 182 valence electrons. The standard InChI is InChI=1S/C29H20BrClN4OS/c1-19(36)28-33-35(24-11-7-8-22(31)18-24)29(37-28)26-13-6-5-12-25(26)27(20-14-16-21(30)17-15-20)32-34(29)23-9-3-2-4-10-23/h2-18H,1H3. The number of halogens is 2. The third kappa shape index (κ3) is 4.07. The van der Waals surface area contributed by atoms with Gasteiger partial charge in [0.1, 0.15) is 0 Å². The van der Waals surface area contributed by atoms with Gasteiger partial charge in [-0.05, 0) is 54.2 Å². The van der Waals surface area contributed by atoms with Crippen LogP contribution in [0.3, 0.4) is 0 Å². The molecule has 1 spiro atoms. The van der Waals surface area contributed by atoms with Crippen LogP contribution in [0.25, 0.3) is 0 Å². The first kappa shape index (κ1) is 24.0. The van der Waals surface area contributed by atoms with Gasteiger partial charge in [-0.1, -0.05) is 88.2 Å². The lowest BCUT2D eigenvalue weighted by molar-refractivity contribution is -0.110. The summed E-state index contributed by atoms with van der Waals surface area (Å²) < 4.78 is 0.996. The van der Waals surface area contributed by atoms with Gasteiger partial charge in [0.2, 0.25) is 4.99 Å². The van der Waals surface area contributed by atoms with Crippen LogP contribution >= 0.6 is 39.3 Å². The van der Waals surface area contributed by atoms with Crippen LogP contribution in [0.1, 0.15) is 23.6 Å². The summed E-state index contributed by atoms with van der Waals surface area (Å²) in [6.45, 7) is 1.54. The number of hydrazone groups is 2. The maximum absolute atomic E-state index is 12.7. The molecule has 0 aliphatic carbocycles. The summed E-state index contributed by atoms with van der Waals surface area (Å²) in [4.78, 5) is 11.7. The molecule has 37 heavy (non-hydrogen) atoms. The van der Waals surface area contributed by atoms with Crippen LogP contribution in [-0.2, 0) is 9.79 Å². The Hall–Kier alpha value is -3.39. The normalized spacial score (nSPS) is 18.5. The van der Waals surface area contributed by atoms with E-state index >= 15 is 0 Å². The summed E-state index contributed by atoms with van der Waals surface area (Å²) in [5, 5.41) is 14.9. The van der Waals surface area contributed by atoms with Gasteiger partial charge >= 0.3 is 0 Å². The van der Waals surface area contributed by atoms with Crippen molar-refractivity contribution in [3.63, 3.8) is 0 Å². The fraction of sp³-hybridized carbons (Fsp3) is 0.0690. The van der Waals surface area contributed by atoms with E-state index in [1.807, 2.05) is 88.9 Å². The van der Waals surface area contributed by atoms with Crippen LogP contribution in [0.15, 0.2) is 118 Å². The number of carbonyl (C=O) groups is 1. The Bertz CT molecular complexity index is 1570. The third-order valence-electron chi connectivity index (χ3n) is 6.21. The summed E-state index contributed by atoms with van der Waals surface area (Å²) in [5.74, 6) is -0.109. The zero-order chi connectivity index (χ0) is 25.6. The molecule has 1 unspecified atom stereocenters. The minimum absolute atomic E-state index is 0.109. The highest BCUT2D eigenvalue weighted by molar-refractivity contribution is 9.10. The van der Waals surface area contributed by atoms with Crippen LogP contribution in [0, 0.1) is 0 Å². The number of para-hydroxylation sites is 1. The molecule has 1 atom stereocenters. The fourth-order valence-corrected chi connectivity index (χ4v) is 6.31. The van der Waals surface area contributed by atoms with Crippen molar-refractivity contribution in [2.45, 2.75) is 11.9 Å². The molecular weight excluding hydrogens is 568 g/mol. The van der Waals surface area contributed by atoms with Crippen LogP contribution in [0.4, 0.5) is 11.4 Å². The predicted octanol–water partition coefficient (Wildman–Crippen LogP) is 7.64. The highest BCUT2D eigenvalue weighted by Crippen LogP contribution is 2.55. The number of thioether (sulfide) groups is 1. The zero-order valence-corrected chi connectivity index (χ0v) is 22.8. The van der Waals surface area contributed by atoms with Crippen LogP contribution in [0.5, 0.6) is 0 Å². The molecule has 0 saturated carbocycles. The number of ketones is 1. The molecule has 5 nitrogen and oxygen atoms in total. The second kappa shape index (κ2) is 9.49. The summed E-state index contributed by atoms with van der Waals surface area (Å²) in [6, 6.07) is 33.8. The number of fused-ring (bicyclic) bond motifs is 2. The average molecular weight is 588 g/mol. The topological polar surface area (TPSA) is 48.3 Å². The second-order valence-electron chi connectivity index (χ2n) is 8.61. The van der Waals surface area contributed by atoms with Crippen molar-refractivity contribution in [2.24, 2.45) is 10.2 Å². The maximum Gasteiger partial charge on any atom is 0.234 e. The van der Waals surface area contributed by atoms with Crippen molar-refractivity contribution >= 4 is 67.2 Å². The van der Waals surface area contributed by atoms with E-state index in [1.54, 1.807) is 6.92 Å². The fourth-order valence-electron chi connectivity index (χ4n) is 4.57. The first-order valence-corrected chi connectivity index (χ1v) is 13.6. The molecule has 8 heteroatoms. The molecule has 0 N–H and O–H groups in total. The Kier molecular flexibility index (Phi) is 6.15. The number of nitrogens with zero attached hydrogens (tertiary/aromatic N) is 4. The number of hydrogen-bond acceptors (Lipinski definition) is 6. The van der Waals surface area contributed by atoms with Gasteiger partial charge in [-0.2, -0.15) is 10.2 Å². The molecule has 0 radical (unpaired) electrons. The highest BCUT2D eigenvalue weighted by Gasteiger charge is 2.55. The van der Waals surface area contributed by atoms with Crippen LogP contribution in [-0.4, -0.2) is 16.5 Å². The van der Waals surface area contributed by atoms with Crippen molar-refractivity contribution < 1.29 is 4.79 Å².